The summed E-state index contributed by atoms with van der Waals surface area (Å²) >= 11 is 0. The van der Waals surface area contributed by atoms with Crippen LogP contribution in [0, 0.1) is 0 Å². The number of carbonyl (C=O) groups is 2. The molecule has 0 spiro atoms. The van der Waals surface area contributed by atoms with E-state index in [1.54, 1.807) is 12.2 Å². The van der Waals surface area contributed by atoms with E-state index < -0.39 is 5.97 Å². The Morgan fingerprint density at radius 3 is 2.11 bits per heavy atom. The van der Waals surface area contributed by atoms with Gasteiger partial charge in [-0.05, 0) is 60.7 Å². The number of hydrogen-bond acceptors (Lipinski definition) is 4. The first kappa shape index (κ1) is 19.6. The summed E-state index contributed by atoms with van der Waals surface area (Å²) in [6, 6.07) is 15.1. The SMILES string of the molecule is CN1CCN(c2ccc(C(=O)/C=C/c3cccc(/C=C/C(=O)O)c3)cc2)CC1. The Kier molecular flexibility index (Phi) is 6.40. The topological polar surface area (TPSA) is 60.9 Å². The first-order chi connectivity index (χ1) is 13.5. The van der Waals surface area contributed by atoms with Crippen LogP contribution in [0.3, 0.4) is 0 Å². The van der Waals surface area contributed by atoms with Crippen molar-refractivity contribution in [1.82, 2.24) is 4.90 Å². The van der Waals surface area contributed by atoms with Gasteiger partial charge in [0.15, 0.2) is 5.78 Å². The molecule has 1 saturated heterocycles. The average Bonchev–Trinajstić information content (AvgIpc) is 2.71. The highest BCUT2D eigenvalue weighted by Crippen LogP contribution is 2.18. The van der Waals surface area contributed by atoms with Crippen LogP contribution < -0.4 is 4.90 Å². The number of anilines is 1. The number of allylic oxidation sites excluding steroid dienone is 1. The lowest BCUT2D eigenvalue weighted by Gasteiger charge is -2.34. The van der Waals surface area contributed by atoms with Crippen molar-refractivity contribution in [3.05, 3.63) is 77.4 Å². The number of ketones is 1. The lowest BCUT2D eigenvalue weighted by Crippen LogP contribution is -2.44. The van der Waals surface area contributed by atoms with Gasteiger partial charge in [-0.15, -0.1) is 0 Å². The zero-order chi connectivity index (χ0) is 19.9. The first-order valence-corrected chi connectivity index (χ1v) is 9.28. The van der Waals surface area contributed by atoms with Crippen LogP contribution in [0.1, 0.15) is 21.5 Å². The van der Waals surface area contributed by atoms with Crippen LogP contribution >= 0.6 is 0 Å². The van der Waals surface area contributed by atoms with Crippen molar-refractivity contribution < 1.29 is 14.7 Å². The van der Waals surface area contributed by atoms with Crippen molar-refractivity contribution in [3.63, 3.8) is 0 Å². The normalized spacial score (nSPS) is 15.4. The third kappa shape index (κ3) is 5.41. The van der Waals surface area contributed by atoms with Crippen LogP contribution in [-0.4, -0.2) is 55.0 Å². The van der Waals surface area contributed by atoms with Crippen molar-refractivity contribution >= 4 is 29.6 Å². The molecule has 0 saturated carbocycles. The molecule has 1 heterocycles. The van der Waals surface area contributed by atoms with E-state index in [0.717, 1.165) is 49.1 Å². The minimum atomic E-state index is -0.990. The number of piperazine rings is 1. The first-order valence-electron chi connectivity index (χ1n) is 9.28. The maximum absolute atomic E-state index is 12.4. The summed E-state index contributed by atoms with van der Waals surface area (Å²) < 4.78 is 0. The maximum atomic E-state index is 12.4. The number of hydrogen-bond donors (Lipinski definition) is 1. The van der Waals surface area contributed by atoms with E-state index in [4.69, 9.17) is 5.11 Å². The smallest absolute Gasteiger partial charge is 0.328 e. The molecule has 0 aliphatic carbocycles. The lowest BCUT2D eigenvalue weighted by molar-refractivity contribution is -0.131. The summed E-state index contributed by atoms with van der Waals surface area (Å²) in [6.45, 7) is 4.08. The second-order valence-electron chi connectivity index (χ2n) is 6.88. The van der Waals surface area contributed by atoms with E-state index in [2.05, 4.69) is 16.8 Å². The fourth-order valence-corrected chi connectivity index (χ4v) is 3.10. The summed E-state index contributed by atoms with van der Waals surface area (Å²) in [5.74, 6) is -1.05. The number of rotatable bonds is 6. The van der Waals surface area contributed by atoms with Crippen molar-refractivity contribution in [3.8, 4) is 0 Å². The zero-order valence-corrected chi connectivity index (χ0v) is 15.9. The van der Waals surface area contributed by atoms with Crippen LogP contribution in [0.15, 0.2) is 60.7 Å². The van der Waals surface area contributed by atoms with Gasteiger partial charge in [0.1, 0.15) is 0 Å². The van der Waals surface area contributed by atoms with Gasteiger partial charge in [-0.2, -0.15) is 0 Å². The molecule has 2 aromatic rings. The number of nitrogens with zero attached hydrogens (tertiary/aromatic N) is 2. The largest absolute Gasteiger partial charge is 0.478 e. The van der Waals surface area contributed by atoms with Crippen molar-refractivity contribution in [1.29, 1.82) is 0 Å². The Hall–Kier alpha value is -3.18. The van der Waals surface area contributed by atoms with Gasteiger partial charge in [0.05, 0.1) is 0 Å². The van der Waals surface area contributed by atoms with E-state index in [1.165, 1.54) is 6.08 Å². The number of benzene rings is 2. The molecule has 1 fully saturated rings. The molecule has 0 radical (unpaired) electrons. The van der Waals surface area contributed by atoms with Gasteiger partial charge in [-0.1, -0.05) is 24.3 Å². The maximum Gasteiger partial charge on any atom is 0.328 e. The molecule has 2 aromatic carbocycles. The quantitative estimate of drug-likeness (QED) is 0.618. The molecular formula is C23H24N2O3. The minimum absolute atomic E-state index is 0.0589. The molecular weight excluding hydrogens is 352 g/mol. The number of likely N-dealkylation sites (N-methyl/N-ethyl adjacent to an activating group) is 1. The van der Waals surface area contributed by atoms with Crippen molar-refractivity contribution in [2.75, 3.05) is 38.1 Å². The highest BCUT2D eigenvalue weighted by molar-refractivity contribution is 6.07. The van der Waals surface area contributed by atoms with Gasteiger partial charge < -0.3 is 14.9 Å². The summed E-state index contributed by atoms with van der Waals surface area (Å²) in [5, 5.41) is 8.71. The Labute approximate surface area is 165 Å². The van der Waals surface area contributed by atoms with Crippen molar-refractivity contribution in [2.24, 2.45) is 0 Å². The second-order valence-corrected chi connectivity index (χ2v) is 6.88. The minimum Gasteiger partial charge on any atom is -0.478 e. The Morgan fingerprint density at radius 1 is 0.893 bits per heavy atom. The number of carboxylic acids is 1. The van der Waals surface area contributed by atoms with E-state index in [1.807, 2.05) is 48.5 Å². The fourth-order valence-electron chi connectivity index (χ4n) is 3.10. The molecule has 0 aromatic heterocycles. The molecule has 1 N–H and O–H groups in total. The third-order valence-electron chi connectivity index (χ3n) is 4.78. The lowest BCUT2D eigenvalue weighted by atomic mass is 10.1. The van der Waals surface area contributed by atoms with Gasteiger partial charge in [-0.3, -0.25) is 4.79 Å². The monoisotopic (exact) mass is 376 g/mol. The summed E-state index contributed by atoms with van der Waals surface area (Å²) in [7, 11) is 2.13. The number of carbonyl (C=O) groups excluding carboxylic acids is 1. The summed E-state index contributed by atoms with van der Waals surface area (Å²) in [6.07, 6.45) is 5.91. The molecule has 3 rings (SSSR count). The van der Waals surface area contributed by atoms with Crippen LogP contribution in [0.5, 0.6) is 0 Å². The highest BCUT2D eigenvalue weighted by Gasteiger charge is 2.14. The van der Waals surface area contributed by atoms with E-state index in [0.29, 0.717) is 5.56 Å². The van der Waals surface area contributed by atoms with Crippen LogP contribution in [0.25, 0.3) is 12.2 Å². The molecule has 1 aliphatic heterocycles. The van der Waals surface area contributed by atoms with Crippen LogP contribution in [0.2, 0.25) is 0 Å². The molecule has 0 amide bonds. The molecule has 0 bridgehead atoms. The number of carboxylic acid groups (broad SMARTS) is 1. The van der Waals surface area contributed by atoms with E-state index in [-0.39, 0.29) is 5.78 Å². The van der Waals surface area contributed by atoms with Gasteiger partial charge in [0, 0.05) is 43.5 Å². The van der Waals surface area contributed by atoms with Gasteiger partial charge in [-0.25, -0.2) is 4.79 Å². The Morgan fingerprint density at radius 2 is 1.50 bits per heavy atom. The molecule has 5 nitrogen and oxygen atoms in total. The van der Waals surface area contributed by atoms with Crippen molar-refractivity contribution in [2.45, 2.75) is 0 Å². The molecule has 1 aliphatic rings. The summed E-state index contributed by atoms with van der Waals surface area (Å²) in [4.78, 5) is 27.7. The van der Waals surface area contributed by atoms with E-state index >= 15 is 0 Å². The van der Waals surface area contributed by atoms with E-state index in [9.17, 15) is 9.59 Å². The molecule has 28 heavy (non-hydrogen) atoms. The van der Waals surface area contributed by atoms with Gasteiger partial charge in [0.2, 0.25) is 0 Å². The number of aliphatic carboxylic acids is 1. The predicted octanol–water partition coefficient (Wildman–Crippen LogP) is 3.43. The second kappa shape index (κ2) is 9.15. The average molecular weight is 376 g/mol. The summed E-state index contributed by atoms with van der Waals surface area (Å²) in [5.41, 5.74) is 3.41. The fraction of sp³-hybridized carbons (Fsp3) is 0.217. The zero-order valence-electron chi connectivity index (χ0n) is 15.9. The van der Waals surface area contributed by atoms with Gasteiger partial charge >= 0.3 is 5.97 Å². The Balaban J connectivity index is 1.64. The standard InChI is InChI=1S/C23H24N2O3/c1-24-13-15-25(16-14-24)21-9-7-20(8-10-21)22(26)11-5-18-3-2-4-19(17-18)6-12-23(27)28/h2-12,17H,13-16H2,1H3,(H,27,28)/b11-5+,12-6+. The third-order valence-corrected chi connectivity index (χ3v) is 4.78. The highest BCUT2D eigenvalue weighted by atomic mass is 16.4. The van der Waals surface area contributed by atoms with Gasteiger partial charge in [0.25, 0.3) is 0 Å². The van der Waals surface area contributed by atoms with Crippen LogP contribution in [0.4, 0.5) is 5.69 Å². The molecule has 144 valence electrons. The predicted molar refractivity (Wildman–Crippen MR) is 113 cm³/mol. The molecule has 0 unspecified atom stereocenters. The Bertz CT molecular complexity index is 892. The molecule has 5 heteroatoms. The molecule has 0 atom stereocenters. The van der Waals surface area contributed by atoms with Crippen LogP contribution in [-0.2, 0) is 4.79 Å².